The van der Waals surface area contributed by atoms with Crippen LogP contribution in [0.3, 0.4) is 0 Å². The molecule has 0 radical (unpaired) electrons. The number of halogens is 1. The summed E-state index contributed by atoms with van der Waals surface area (Å²) in [6, 6.07) is 18.1. The minimum Gasteiger partial charge on any atom is -0.454 e. The zero-order chi connectivity index (χ0) is 20.9. The Bertz CT molecular complexity index is 1130. The van der Waals surface area contributed by atoms with Crippen LogP contribution in [0.5, 0.6) is 17.2 Å². The van der Waals surface area contributed by atoms with E-state index >= 15 is 0 Å². The lowest BCUT2D eigenvalue weighted by Crippen LogP contribution is -2.17. The molecule has 0 fully saturated rings. The quantitative estimate of drug-likeness (QED) is 0.290. The lowest BCUT2D eigenvalue weighted by atomic mass is 10.2. The van der Waals surface area contributed by atoms with Gasteiger partial charge in [0.15, 0.2) is 11.5 Å². The highest BCUT2D eigenvalue weighted by atomic mass is 35.5. The lowest BCUT2D eigenvalue weighted by Gasteiger charge is -2.07. The molecule has 1 aliphatic rings. The van der Waals surface area contributed by atoms with Crippen molar-refractivity contribution in [3.63, 3.8) is 0 Å². The van der Waals surface area contributed by atoms with E-state index in [1.165, 1.54) is 6.21 Å². The molecule has 0 bridgehead atoms. The van der Waals surface area contributed by atoms with Crippen molar-refractivity contribution in [3.8, 4) is 17.2 Å². The molecule has 30 heavy (non-hydrogen) atoms. The molecule has 0 atom stereocenters. The van der Waals surface area contributed by atoms with Crippen molar-refractivity contribution in [1.29, 1.82) is 0 Å². The fourth-order valence-electron chi connectivity index (χ4n) is 2.69. The molecule has 0 aromatic heterocycles. The van der Waals surface area contributed by atoms with Crippen molar-refractivity contribution in [2.75, 3.05) is 6.79 Å². The third-order valence-corrected chi connectivity index (χ3v) is 4.46. The van der Waals surface area contributed by atoms with Crippen molar-refractivity contribution in [1.82, 2.24) is 5.43 Å². The SMILES string of the molecule is O=C(N/N=C/c1ccccc1OC(=O)c1ccc(Cl)cc1)c1ccc2c(c1)OCO2. The van der Waals surface area contributed by atoms with Gasteiger partial charge in [-0.1, -0.05) is 23.7 Å². The van der Waals surface area contributed by atoms with Crippen molar-refractivity contribution in [2.45, 2.75) is 0 Å². The van der Waals surface area contributed by atoms with Crippen LogP contribution in [0.15, 0.2) is 71.8 Å². The van der Waals surface area contributed by atoms with E-state index in [1.54, 1.807) is 66.7 Å². The maximum atomic E-state index is 12.3. The number of amides is 1. The summed E-state index contributed by atoms with van der Waals surface area (Å²) in [5, 5.41) is 4.48. The van der Waals surface area contributed by atoms with Crippen molar-refractivity contribution in [2.24, 2.45) is 5.10 Å². The third kappa shape index (κ3) is 4.42. The number of carbonyl (C=O) groups excluding carboxylic acids is 2. The molecular weight excluding hydrogens is 408 g/mol. The van der Waals surface area contributed by atoms with Crippen LogP contribution in [0.25, 0.3) is 0 Å². The summed E-state index contributed by atoms with van der Waals surface area (Å²) in [5.74, 6) is 0.452. The molecule has 8 heteroatoms. The smallest absolute Gasteiger partial charge is 0.343 e. The van der Waals surface area contributed by atoms with Crippen LogP contribution >= 0.6 is 11.6 Å². The highest BCUT2D eigenvalue weighted by Crippen LogP contribution is 2.32. The molecule has 1 heterocycles. The van der Waals surface area contributed by atoms with Crippen LogP contribution in [0.4, 0.5) is 0 Å². The molecule has 3 aromatic rings. The highest BCUT2D eigenvalue weighted by molar-refractivity contribution is 6.30. The first-order chi connectivity index (χ1) is 14.6. The number of para-hydroxylation sites is 1. The Morgan fingerprint density at radius 1 is 0.967 bits per heavy atom. The van der Waals surface area contributed by atoms with Crippen LogP contribution in [0.1, 0.15) is 26.3 Å². The third-order valence-electron chi connectivity index (χ3n) is 4.21. The summed E-state index contributed by atoms with van der Waals surface area (Å²) in [6.07, 6.45) is 1.40. The summed E-state index contributed by atoms with van der Waals surface area (Å²) in [6.45, 7) is 0.129. The van der Waals surface area contributed by atoms with Gasteiger partial charge in [-0.15, -0.1) is 0 Å². The van der Waals surface area contributed by atoms with E-state index < -0.39 is 11.9 Å². The van der Waals surface area contributed by atoms with E-state index in [0.29, 0.717) is 39.0 Å². The Balaban J connectivity index is 1.43. The maximum absolute atomic E-state index is 12.3. The molecule has 4 rings (SSSR count). The van der Waals surface area contributed by atoms with E-state index in [4.69, 9.17) is 25.8 Å². The largest absolute Gasteiger partial charge is 0.454 e. The molecule has 0 unspecified atom stereocenters. The van der Waals surface area contributed by atoms with Gasteiger partial charge in [0.2, 0.25) is 6.79 Å². The van der Waals surface area contributed by atoms with Crippen molar-refractivity contribution in [3.05, 3.63) is 88.4 Å². The average molecular weight is 423 g/mol. The Kier molecular flexibility index (Phi) is 5.63. The fraction of sp³-hybridized carbons (Fsp3) is 0.0455. The first kappa shape index (κ1) is 19.5. The minimum atomic E-state index is -0.531. The predicted molar refractivity (Wildman–Crippen MR) is 110 cm³/mol. The fourth-order valence-corrected chi connectivity index (χ4v) is 2.81. The van der Waals surface area contributed by atoms with Gasteiger partial charge in [0.1, 0.15) is 5.75 Å². The molecule has 150 valence electrons. The topological polar surface area (TPSA) is 86.2 Å². The second kappa shape index (κ2) is 8.67. The van der Waals surface area contributed by atoms with E-state index in [0.717, 1.165) is 0 Å². The molecule has 7 nitrogen and oxygen atoms in total. The average Bonchev–Trinajstić information content (AvgIpc) is 3.23. The Morgan fingerprint density at radius 2 is 1.70 bits per heavy atom. The number of nitrogens with one attached hydrogen (secondary N) is 1. The zero-order valence-corrected chi connectivity index (χ0v) is 16.3. The molecular formula is C22H15ClN2O5. The second-order valence-electron chi connectivity index (χ2n) is 6.20. The first-order valence-electron chi connectivity index (χ1n) is 8.90. The standard InChI is InChI=1S/C22H15ClN2O5/c23-17-8-5-14(6-9-17)22(27)30-18-4-2-1-3-16(18)12-24-25-21(26)15-7-10-19-20(11-15)29-13-28-19/h1-12H,13H2,(H,25,26)/b24-12+. The maximum Gasteiger partial charge on any atom is 0.343 e. The van der Waals surface area contributed by atoms with Crippen LogP contribution in [0, 0.1) is 0 Å². The molecule has 0 saturated heterocycles. The van der Waals surface area contributed by atoms with Gasteiger partial charge in [0, 0.05) is 16.1 Å². The molecule has 1 N–H and O–H groups in total. The van der Waals surface area contributed by atoms with Gasteiger partial charge in [-0.25, -0.2) is 10.2 Å². The van der Waals surface area contributed by atoms with Gasteiger partial charge in [0.05, 0.1) is 11.8 Å². The summed E-state index contributed by atoms with van der Waals surface area (Å²) in [7, 11) is 0. The number of esters is 1. The van der Waals surface area contributed by atoms with Crippen molar-refractivity contribution >= 4 is 29.7 Å². The van der Waals surface area contributed by atoms with E-state index in [9.17, 15) is 9.59 Å². The number of carbonyl (C=O) groups is 2. The molecule has 0 spiro atoms. The number of hydrogen-bond acceptors (Lipinski definition) is 6. The summed E-state index contributed by atoms with van der Waals surface area (Å²) in [4.78, 5) is 24.6. The first-order valence-corrected chi connectivity index (χ1v) is 9.28. The van der Waals surface area contributed by atoms with Crippen LogP contribution in [-0.2, 0) is 0 Å². The monoisotopic (exact) mass is 422 g/mol. The normalized spacial score (nSPS) is 12.0. The van der Waals surface area contributed by atoms with Crippen molar-refractivity contribution < 1.29 is 23.8 Å². The van der Waals surface area contributed by atoms with Gasteiger partial charge in [-0.05, 0) is 54.6 Å². The summed E-state index contributed by atoms with van der Waals surface area (Å²) < 4.78 is 15.9. The van der Waals surface area contributed by atoms with Gasteiger partial charge < -0.3 is 14.2 Å². The number of benzene rings is 3. The molecule has 1 amide bonds. The number of hydrogen-bond donors (Lipinski definition) is 1. The van der Waals surface area contributed by atoms with Gasteiger partial charge >= 0.3 is 5.97 Å². The number of rotatable bonds is 5. The molecule has 1 aliphatic heterocycles. The molecule has 0 aliphatic carbocycles. The molecule has 0 saturated carbocycles. The number of hydrazone groups is 1. The Labute approximate surface area is 176 Å². The van der Waals surface area contributed by atoms with Gasteiger partial charge in [-0.3, -0.25) is 4.79 Å². The zero-order valence-electron chi connectivity index (χ0n) is 15.5. The lowest BCUT2D eigenvalue weighted by molar-refractivity contribution is 0.0734. The minimum absolute atomic E-state index is 0.129. The Morgan fingerprint density at radius 3 is 2.53 bits per heavy atom. The van der Waals surface area contributed by atoms with E-state index in [1.807, 2.05) is 0 Å². The van der Waals surface area contributed by atoms with Crippen LogP contribution in [-0.4, -0.2) is 24.9 Å². The van der Waals surface area contributed by atoms with E-state index in [2.05, 4.69) is 10.5 Å². The number of nitrogens with zero attached hydrogens (tertiary/aromatic N) is 1. The van der Waals surface area contributed by atoms with Crippen LogP contribution < -0.4 is 19.6 Å². The Hall–Kier alpha value is -3.84. The van der Waals surface area contributed by atoms with Crippen LogP contribution in [0.2, 0.25) is 5.02 Å². The second-order valence-corrected chi connectivity index (χ2v) is 6.64. The number of fused-ring (bicyclic) bond motifs is 1. The van der Waals surface area contributed by atoms with E-state index in [-0.39, 0.29) is 6.79 Å². The highest BCUT2D eigenvalue weighted by Gasteiger charge is 2.16. The molecule has 3 aromatic carbocycles. The summed E-state index contributed by atoms with van der Waals surface area (Å²) in [5.41, 5.74) is 3.69. The van der Waals surface area contributed by atoms with Gasteiger partial charge in [0.25, 0.3) is 5.91 Å². The number of ether oxygens (including phenoxy) is 3. The summed E-state index contributed by atoms with van der Waals surface area (Å²) >= 11 is 5.84. The predicted octanol–water partition coefficient (Wildman–Crippen LogP) is 4.05. The van der Waals surface area contributed by atoms with Gasteiger partial charge in [-0.2, -0.15) is 5.10 Å².